The van der Waals surface area contributed by atoms with Gasteiger partial charge in [-0.25, -0.2) is 0 Å². The Kier molecular flexibility index (Phi) is 5.23. The molecule has 0 aliphatic carbocycles. The minimum atomic E-state index is -0.503. The van der Waals surface area contributed by atoms with Crippen LogP contribution in [0.2, 0.25) is 0 Å². The second-order valence-electron chi connectivity index (χ2n) is 7.21. The van der Waals surface area contributed by atoms with Crippen molar-refractivity contribution in [3.8, 4) is 11.5 Å². The Morgan fingerprint density at radius 3 is 2.43 bits per heavy atom. The van der Waals surface area contributed by atoms with Gasteiger partial charge in [-0.3, -0.25) is 4.79 Å². The average Bonchev–Trinajstić information content (AvgIpc) is 3.10. The van der Waals surface area contributed by atoms with Crippen molar-refractivity contribution in [3.63, 3.8) is 0 Å². The number of fused-ring (bicyclic) bond motifs is 3. The third kappa shape index (κ3) is 3.64. The topological polar surface area (TPSA) is 72.7 Å². The number of furan rings is 1. The number of amides is 1. The molecule has 30 heavy (non-hydrogen) atoms. The molecule has 0 aliphatic rings. The molecule has 3 aromatic carbocycles. The molecule has 4 aromatic rings. The molecular formula is C24H24N2O4. The van der Waals surface area contributed by atoms with Gasteiger partial charge in [0, 0.05) is 16.8 Å². The van der Waals surface area contributed by atoms with Crippen LogP contribution in [0.3, 0.4) is 0 Å². The van der Waals surface area contributed by atoms with E-state index in [2.05, 4.69) is 10.6 Å². The lowest BCUT2D eigenvalue weighted by Crippen LogP contribution is -2.32. The minimum absolute atomic E-state index is 0.202. The lowest BCUT2D eigenvalue weighted by Gasteiger charge is -2.18. The zero-order valence-corrected chi connectivity index (χ0v) is 17.4. The van der Waals surface area contributed by atoms with Crippen LogP contribution in [0.15, 0.2) is 59.0 Å². The van der Waals surface area contributed by atoms with Gasteiger partial charge in [0.25, 0.3) is 0 Å². The van der Waals surface area contributed by atoms with Gasteiger partial charge in [0.1, 0.15) is 28.7 Å². The Labute approximate surface area is 174 Å². The fourth-order valence-electron chi connectivity index (χ4n) is 3.49. The molecule has 1 aromatic heterocycles. The van der Waals surface area contributed by atoms with Crippen LogP contribution in [0.1, 0.15) is 12.5 Å². The third-order valence-electron chi connectivity index (χ3n) is 5.08. The summed E-state index contributed by atoms with van der Waals surface area (Å²) < 4.78 is 16.8. The molecular weight excluding hydrogens is 380 g/mol. The van der Waals surface area contributed by atoms with Gasteiger partial charge in [-0.2, -0.15) is 0 Å². The molecule has 0 radical (unpaired) electrons. The van der Waals surface area contributed by atoms with Crippen molar-refractivity contribution in [2.75, 3.05) is 24.9 Å². The summed E-state index contributed by atoms with van der Waals surface area (Å²) in [5.41, 5.74) is 3.87. The Bertz CT molecular complexity index is 1230. The van der Waals surface area contributed by atoms with Gasteiger partial charge in [-0.1, -0.05) is 24.3 Å². The minimum Gasteiger partial charge on any atom is -0.495 e. The summed E-state index contributed by atoms with van der Waals surface area (Å²) in [6, 6.07) is 16.8. The van der Waals surface area contributed by atoms with Crippen LogP contribution in [0.5, 0.6) is 11.5 Å². The lowest BCUT2D eigenvalue weighted by atomic mass is 10.1. The molecule has 0 bridgehead atoms. The van der Waals surface area contributed by atoms with Crippen molar-refractivity contribution in [3.05, 3.63) is 60.2 Å². The summed E-state index contributed by atoms with van der Waals surface area (Å²) >= 11 is 0. The summed E-state index contributed by atoms with van der Waals surface area (Å²) in [6.45, 7) is 3.78. The Hall–Kier alpha value is -3.67. The maximum atomic E-state index is 12.9. The van der Waals surface area contributed by atoms with Crippen LogP contribution < -0.4 is 20.1 Å². The monoisotopic (exact) mass is 404 g/mol. The van der Waals surface area contributed by atoms with Gasteiger partial charge in [0.15, 0.2) is 0 Å². The Balaban J connectivity index is 1.60. The standard InChI is InChI=1S/C24H24N2O4/c1-14-9-10-21(28-3)18(11-14)25-15(2)24(27)26-19-13-22-17(12-23(19)29-4)16-7-5-6-8-20(16)30-22/h5-13,15,25H,1-4H3,(H,26,27)/t15-/m1/s1. The predicted molar refractivity (Wildman–Crippen MR) is 120 cm³/mol. The fourth-order valence-corrected chi connectivity index (χ4v) is 3.49. The molecule has 0 spiro atoms. The number of aryl methyl sites for hydroxylation is 1. The van der Waals surface area contributed by atoms with E-state index in [1.807, 2.05) is 55.5 Å². The number of carbonyl (C=O) groups is 1. The lowest BCUT2D eigenvalue weighted by molar-refractivity contribution is -0.116. The Morgan fingerprint density at radius 2 is 1.67 bits per heavy atom. The number of anilines is 2. The highest BCUT2D eigenvalue weighted by Crippen LogP contribution is 2.36. The molecule has 0 aliphatic heterocycles. The Morgan fingerprint density at radius 1 is 0.900 bits per heavy atom. The normalized spacial score (nSPS) is 12.0. The van der Waals surface area contributed by atoms with E-state index >= 15 is 0 Å². The molecule has 0 saturated carbocycles. The first-order valence-corrected chi connectivity index (χ1v) is 9.71. The number of para-hydroxylation sites is 1. The van der Waals surface area contributed by atoms with E-state index in [0.717, 1.165) is 27.6 Å². The quantitative estimate of drug-likeness (QED) is 0.453. The molecule has 154 valence electrons. The molecule has 1 atom stereocenters. The highest BCUT2D eigenvalue weighted by Gasteiger charge is 2.18. The molecule has 6 nitrogen and oxygen atoms in total. The van der Waals surface area contributed by atoms with Crippen molar-refractivity contribution in [1.82, 2.24) is 0 Å². The van der Waals surface area contributed by atoms with Gasteiger partial charge in [0.05, 0.1) is 25.6 Å². The summed E-state index contributed by atoms with van der Waals surface area (Å²) in [5, 5.41) is 8.11. The van der Waals surface area contributed by atoms with E-state index in [1.54, 1.807) is 27.2 Å². The number of nitrogens with one attached hydrogen (secondary N) is 2. The summed E-state index contributed by atoms with van der Waals surface area (Å²) in [4.78, 5) is 12.9. The number of rotatable bonds is 6. The zero-order chi connectivity index (χ0) is 21.3. The van der Waals surface area contributed by atoms with E-state index in [0.29, 0.717) is 22.8 Å². The maximum Gasteiger partial charge on any atom is 0.246 e. The third-order valence-corrected chi connectivity index (χ3v) is 5.08. The first-order valence-electron chi connectivity index (χ1n) is 9.71. The first-order chi connectivity index (χ1) is 14.5. The van der Waals surface area contributed by atoms with Gasteiger partial charge in [-0.15, -0.1) is 0 Å². The predicted octanol–water partition coefficient (Wildman–Crippen LogP) is 5.35. The molecule has 1 amide bonds. The molecule has 2 N–H and O–H groups in total. The summed E-state index contributed by atoms with van der Waals surface area (Å²) in [5.74, 6) is 1.05. The largest absolute Gasteiger partial charge is 0.495 e. The summed E-state index contributed by atoms with van der Waals surface area (Å²) in [7, 11) is 3.19. The van der Waals surface area contributed by atoms with Gasteiger partial charge in [-0.05, 0) is 43.7 Å². The van der Waals surface area contributed by atoms with E-state index in [1.165, 1.54) is 0 Å². The van der Waals surface area contributed by atoms with E-state index in [9.17, 15) is 4.79 Å². The van der Waals surface area contributed by atoms with Crippen molar-refractivity contribution in [1.29, 1.82) is 0 Å². The van der Waals surface area contributed by atoms with Crippen molar-refractivity contribution >= 4 is 39.2 Å². The highest BCUT2D eigenvalue weighted by atomic mass is 16.5. The molecule has 0 unspecified atom stereocenters. The van der Waals surface area contributed by atoms with Crippen LogP contribution >= 0.6 is 0 Å². The number of ether oxygens (including phenoxy) is 2. The molecule has 6 heteroatoms. The van der Waals surface area contributed by atoms with Gasteiger partial charge >= 0.3 is 0 Å². The van der Waals surface area contributed by atoms with Gasteiger partial charge < -0.3 is 24.5 Å². The smallest absolute Gasteiger partial charge is 0.246 e. The maximum absolute atomic E-state index is 12.9. The summed E-state index contributed by atoms with van der Waals surface area (Å²) in [6.07, 6.45) is 0. The average molecular weight is 404 g/mol. The van der Waals surface area contributed by atoms with Crippen LogP contribution in [0, 0.1) is 6.92 Å². The molecule has 0 fully saturated rings. The van der Waals surface area contributed by atoms with E-state index in [4.69, 9.17) is 13.9 Å². The second kappa shape index (κ2) is 7.99. The van der Waals surface area contributed by atoms with Crippen molar-refractivity contribution in [2.24, 2.45) is 0 Å². The number of methoxy groups -OCH3 is 2. The number of hydrogen-bond donors (Lipinski definition) is 2. The second-order valence-corrected chi connectivity index (χ2v) is 7.21. The van der Waals surface area contributed by atoms with Crippen LogP contribution in [0.4, 0.5) is 11.4 Å². The van der Waals surface area contributed by atoms with Crippen LogP contribution in [0.25, 0.3) is 21.9 Å². The molecule has 1 heterocycles. The fraction of sp³-hybridized carbons (Fsp3) is 0.208. The highest BCUT2D eigenvalue weighted by molar-refractivity contribution is 6.08. The molecule has 0 saturated heterocycles. The SMILES string of the molecule is COc1cc2c(cc1NC(=O)[C@@H](C)Nc1cc(C)ccc1OC)oc1ccccc12. The number of carbonyl (C=O) groups excluding carboxylic acids is 1. The van der Waals surface area contributed by atoms with E-state index in [-0.39, 0.29) is 5.91 Å². The number of benzene rings is 3. The van der Waals surface area contributed by atoms with Gasteiger partial charge in [0.2, 0.25) is 5.91 Å². The molecule has 4 rings (SSSR count). The van der Waals surface area contributed by atoms with Crippen LogP contribution in [-0.2, 0) is 4.79 Å². The van der Waals surface area contributed by atoms with Crippen molar-refractivity contribution < 1.29 is 18.7 Å². The van der Waals surface area contributed by atoms with E-state index < -0.39 is 6.04 Å². The van der Waals surface area contributed by atoms with Crippen molar-refractivity contribution in [2.45, 2.75) is 19.9 Å². The zero-order valence-electron chi connectivity index (χ0n) is 17.4. The van der Waals surface area contributed by atoms with Crippen LogP contribution in [-0.4, -0.2) is 26.2 Å². The first kappa shape index (κ1) is 19.6. The number of hydrogen-bond acceptors (Lipinski definition) is 5.